The Bertz CT molecular complexity index is 2880. The summed E-state index contributed by atoms with van der Waals surface area (Å²) in [6.45, 7) is 5.74. The summed E-state index contributed by atoms with van der Waals surface area (Å²) in [7, 11) is -4.16. The molecule has 1 aliphatic heterocycles. The number of thioether (sulfide) groups is 1. The minimum atomic E-state index is -4.16. The van der Waals surface area contributed by atoms with Gasteiger partial charge in [-0.05, 0) is 60.0 Å². The van der Waals surface area contributed by atoms with Gasteiger partial charge in [-0.3, -0.25) is 13.9 Å². The molecule has 0 unspecified atom stereocenters. The van der Waals surface area contributed by atoms with Crippen LogP contribution >= 0.6 is 34.4 Å². The fraction of sp³-hybridized carbons (Fsp3) is 0.156. The van der Waals surface area contributed by atoms with Crippen LogP contribution in [0.25, 0.3) is 44.1 Å². The van der Waals surface area contributed by atoms with Crippen LogP contribution in [0.3, 0.4) is 0 Å². The van der Waals surface area contributed by atoms with E-state index in [2.05, 4.69) is 101 Å². The summed E-state index contributed by atoms with van der Waals surface area (Å²) in [5.74, 6) is -0.358. The van der Waals surface area contributed by atoms with E-state index in [9.17, 15) is 17.8 Å². The molecule has 3 heterocycles. The van der Waals surface area contributed by atoms with E-state index in [0.29, 0.717) is 17.6 Å². The van der Waals surface area contributed by atoms with Crippen LogP contribution < -0.4 is 24.2 Å². The van der Waals surface area contributed by atoms with Crippen LogP contribution in [0.1, 0.15) is 30.8 Å². The van der Waals surface area contributed by atoms with Gasteiger partial charge in [-0.15, -0.1) is 11.3 Å². The second-order valence-corrected chi connectivity index (χ2v) is 18.0. The molecule has 8 rings (SSSR count). The molecule has 0 spiro atoms. The lowest BCUT2D eigenvalue weighted by atomic mass is 10.1. The number of rotatable bonds is 11. The summed E-state index contributed by atoms with van der Waals surface area (Å²) >= 11 is 4.83. The predicted octanol–water partition coefficient (Wildman–Crippen LogP) is 8.55. The zero-order chi connectivity index (χ0) is 38.8. The van der Waals surface area contributed by atoms with Crippen molar-refractivity contribution in [1.82, 2.24) is 4.57 Å². The van der Waals surface area contributed by atoms with Gasteiger partial charge < -0.3 is 4.90 Å². The minimum Gasteiger partial charge on any atom is -0.335 e. The van der Waals surface area contributed by atoms with Gasteiger partial charge in [0.15, 0.2) is 6.54 Å². The normalized spacial score (nSPS) is 14.5. The van der Waals surface area contributed by atoms with E-state index in [1.807, 2.05) is 66.1 Å². The summed E-state index contributed by atoms with van der Waals surface area (Å²) in [6, 6.07) is 43.2. The topological polar surface area (TPSA) is 83.5 Å². The first-order chi connectivity index (χ1) is 27.2. The van der Waals surface area contributed by atoms with Crippen molar-refractivity contribution in [3.63, 3.8) is 0 Å². The average Bonchev–Trinajstić information content (AvgIpc) is 3.87. The minimum absolute atomic E-state index is 0.0606. The van der Waals surface area contributed by atoms with Crippen molar-refractivity contribution in [1.29, 1.82) is 0 Å². The van der Waals surface area contributed by atoms with Crippen LogP contribution in [0.15, 0.2) is 148 Å². The van der Waals surface area contributed by atoms with Gasteiger partial charge in [0.1, 0.15) is 14.1 Å². The molecule has 0 saturated heterocycles. The molecule has 0 atom stereocenters. The Morgan fingerprint density at radius 3 is 2.12 bits per heavy atom. The molecule has 56 heavy (non-hydrogen) atoms. The summed E-state index contributed by atoms with van der Waals surface area (Å²) in [5, 5.41) is 4.35. The van der Waals surface area contributed by atoms with E-state index in [-0.39, 0.29) is 17.7 Å². The number of thiazole rings is 2. The fourth-order valence-electron chi connectivity index (χ4n) is 7.24. The standard InChI is InChI=1S/C45H39N3O4S4/c1-3-46-37-26-25-32-19-14-15-24-35(32)43(37)54-38(46)29-36(31-17-8-5-9-18-31)44-45(49)47(4-2)39(55-44)30-40-48(27-16-28-56(50,51)52)41(33-20-10-6-11-21-33)42(53-40)34-22-12-7-13-23-34/h5-15,17-26,29-30H,3-4,16,27-28H2,1-2H3/p+1/b38-29?,44-36-. The number of hydrogen-bond acceptors (Lipinski definition) is 7. The Morgan fingerprint density at radius 1 is 0.786 bits per heavy atom. The number of hydrogen-bond donors (Lipinski definition) is 1. The van der Waals surface area contributed by atoms with E-state index >= 15 is 0 Å². The highest BCUT2D eigenvalue weighted by Crippen LogP contribution is 2.49. The second kappa shape index (κ2) is 16.2. The first-order valence-electron chi connectivity index (χ1n) is 18.6. The van der Waals surface area contributed by atoms with E-state index in [1.54, 1.807) is 23.1 Å². The summed E-state index contributed by atoms with van der Waals surface area (Å²) < 4.78 is 38.8. The third-order valence-corrected chi connectivity index (χ3v) is 14.1. The van der Waals surface area contributed by atoms with Crippen LogP contribution in [0, 0.1) is 0 Å². The molecule has 7 nitrogen and oxygen atoms in total. The molecule has 7 aromatic rings. The first-order valence-corrected chi connectivity index (χ1v) is 22.6. The highest BCUT2D eigenvalue weighted by molar-refractivity contribution is 8.04. The molecule has 0 saturated carbocycles. The largest absolute Gasteiger partial charge is 0.335 e. The van der Waals surface area contributed by atoms with Gasteiger partial charge in [-0.1, -0.05) is 132 Å². The molecule has 0 radical (unpaired) electrons. The van der Waals surface area contributed by atoms with Crippen molar-refractivity contribution >= 4 is 72.7 Å². The molecule has 0 fully saturated rings. The van der Waals surface area contributed by atoms with Crippen molar-refractivity contribution in [3.05, 3.63) is 169 Å². The van der Waals surface area contributed by atoms with Gasteiger partial charge in [-0.2, -0.15) is 13.0 Å². The lowest BCUT2D eigenvalue weighted by molar-refractivity contribution is -0.682. The maximum absolute atomic E-state index is 14.6. The van der Waals surface area contributed by atoms with Gasteiger partial charge in [0.25, 0.3) is 20.7 Å². The molecule has 282 valence electrons. The van der Waals surface area contributed by atoms with Gasteiger partial charge in [0, 0.05) is 35.5 Å². The highest BCUT2D eigenvalue weighted by Gasteiger charge is 2.29. The molecular weight excluding hydrogens is 775 g/mol. The van der Waals surface area contributed by atoms with Crippen molar-refractivity contribution in [2.24, 2.45) is 0 Å². The Balaban J connectivity index is 1.36. The monoisotopic (exact) mass is 814 g/mol. The third kappa shape index (κ3) is 7.57. The molecule has 1 aliphatic rings. The van der Waals surface area contributed by atoms with E-state index in [1.165, 1.54) is 32.7 Å². The molecule has 11 heteroatoms. The summed E-state index contributed by atoms with van der Waals surface area (Å²) in [5.41, 5.74) is 5.91. The van der Waals surface area contributed by atoms with Crippen LogP contribution in [-0.4, -0.2) is 29.8 Å². The van der Waals surface area contributed by atoms with Crippen molar-refractivity contribution in [2.45, 2.75) is 38.3 Å². The van der Waals surface area contributed by atoms with Crippen LogP contribution in [0.4, 0.5) is 5.69 Å². The number of fused-ring (bicyclic) bond motifs is 3. The first kappa shape index (κ1) is 37.9. The average molecular weight is 815 g/mol. The molecular formula is C45H40N3O4S4+. The van der Waals surface area contributed by atoms with Crippen LogP contribution in [0.5, 0.6) is 0 Å². The number of nitrogens with zero attached hydrogens (tertiary/aromatic N) is 3. The molecule has 0 bridgehead atoms. The van der Waals surface area contributed by atoms with Crippen LogP contribution in [0.2, 0.25) is 0 Å². The van der Waals surface area contributed by atoms with E-state index < -0.39 is 10.1 Å². The zero-order valence-corrected chi connectivity index (χ0v) is 34.2. The zero-order valence-electron chi connectivity index (χ0n) is 31.0. The lowest BCUT2D eigenvalue weighted by Crippen LogP contribution is -2.39. The number of aromatic nitrogens is 2. The van der Waals surface area contributed by atoms with Crippen molar-refractivity contribution < 1.29 is 17.5 Å². The Hall–Kier alpha value is -5.04. The molecule has 0 amide bonds. The number of allylic oxidation sites excluding steroid dienone is 1. The predicted molar refractivity (Wildman–Crippen MR) is 233 cm³/mol. The fourth-order valence-corrected chi connectivity index (χ4v) is 11.5. The van der Waals surface area contributed by atoms with Gasteiger partial charge >= 0.3 is 0 Å². The quantitative estimate of drug-likeness (QED) is 0.104. The van der Waals surface area contributed by atoms with Crippen LogP contribution in [-0.2, 0) is 23.2 Å². The maximum Gasteiger partial charge on any atom is 0.269 e. The third-order valence-electron chi connectivity index (χ3n) is 9.84. The molecule has 0 aliphatic carbocycles. The van der Waals surface area contributed by atoms with Gasteiger partial charge in [0.05, 0.1) is 22.5 Å². The van der Waals surface area contributed by atoms with Crippen molar-refractivity contribution in [3.8, 4) is 21.7 Å². The Labute approximate surface area is 338 Å². The Morgan fingerprint density at radius 2 is 1.45 bits per heavy atom. The highest BCUT2D eigenvalue weighted by atomic mass is 32.2. The number of anilines is 1. The second-order valence-electron chi connectivity index (χ2n) is 13.3. The number of benzene rings is 5. The summed E-state index contributed by atoms with van der Waals surface area (Å²) in [4.78, 5) is 19.2. The van der Waals surface area contributed by atoms with Gasteiger partial charge in [0.2, 0.25) is 5.69 Å². The molecule has 2 aromatic heterocycles. The van der Waals surface area contributed by atoms with Gasteiger partial charge in [-0.25, -0.2) is 0 Å². The SMILES string of the molecule is CCN1C(=C/C(c2ccccc2)=c2/sc(=Cc3sc(-c4ccccc4)c(-c4ccccc4)[n+]3CCCS(=O)(=O)O)n(CC)c2=O)Sc2c1ccc1ccccc21. The smallest absolute Gasteiger partial charge is 0.269 e. The van der Waals surface area contributed by atoms with E-state index in [4.69, 9.17) is 0 Å². The summed E-state index contributed by atoms with van der Waals surface area (Å²) in [6.07, 6.45) is 4.46. The molecule has 5 aromatic carbocycles. The van der Waals surface area contributed by atoms with E-state index in [0.717, 1.165) is 54.1 Å². The lowest BCUT2D eigenvalue weighted by Gasteiger charge is -2.18. The Kier molecular flexibility index (Phi) is 11.0. The van der Waals surface area contributed by atoms with Crippen molar-refractivity contribution in [2.75, 3.05) is 17.2 Å². The maximum atomic E-state index is 14.6. The molecule has 1 N–H and O–H groups in total.